The number of halogens is 1. The van der Waals surface area contributed by atoms with Crippen molar-refractivity contribution in [2.75, 3.05) is 5.33 Å². The normalized spacial score (nSPS) is 14.4. The van der Waals surface area contributed by atoms with E-state index in [-0.39, 0.29) is 0 Å². The van der Waals surface area contributed by atoms with E-state index >= 15 is 0 Å². The van der Waals surface area contributed by atoms with Crippen molar-refractivity contribution in [3.05, 3.63) is 18.0 Å². The number of rotatable bonds is 4. The molecule has 0 saturated carbocycles. The van der Waals surface area contributed by atoms with Crippen LogP contribution in [0.2, 0.25) is 0 Å². The number of alkyl halides is 1. The first-order valence-electron chi connectivity index (χ1n) is 5.94. The van der Waals surface area contributed by atoms with Crippen LogP contribution in [0.3, 0.4) is 0 Å². The zero-order valence-electron chi connectivity index (χ0n) is 11.0. The Bertz CT molecular complexity index is 323. The fourth-order valence-electron chi connectivity index (χ4n) is 1.62. The average molecular weight is 287 g/mol. The van der Waals surface area contributed by atoms with E-state index in [1.54, 1.807) is 0 Å². The van der Waals surface area contributed by atoms with E-state index in [1.165, 1.54) is 5.69 Å². The molecule has 0 spiro atoms. The van der Waals surface area contributed by atoms with Gasteiger partial charge in [-0.15, -0.1) is 0 Å². The standard InChI is InChI=1S/C13H23BrN2/c1-10(2)16-7-6-12(15-16)8-11(9-14)13(3,4)5/h6-7,10-11H,8-9H2,1-5H3. The highest BCUT2D eigenvalue weighted by atomic mass is 79.9. The second-order valence-corrected chi connectivity index (χ2v) is 6.45. The Labute approximate surface area is 108 Å². The monoisotopic (exact) mass is 286 g/mol. The van der Waals surface area contributed by atoms with E-state index in [2.05, 4.69) is 67.9 Å². The van der Waals surface area contributed by atoms with Gasteiger partial charge in [-0.2, -0.15) is 5.10 Å². The Morgan fingerprint density at radius 3 is 2.38 bits per heavy atom. The van der Waals surface area contributed by atoms with Crippen LogP contribution in [0.15, 0.2) is 12.3 Å². The summed E-state index contributed by atoms with van der Waals surface area (Å²) in [7, 11) is 0. The van der Waals surface area contributed by atoms with Gasteiger partial charge in [0.2, 0.25) is 0 Å². The van der Waals surface area contributed by atoms with Crippen molar-refractivity contribution in [1.82, 2.24) is 9.78 Å². The molecule has 0 aliphatic heterocycles. The molecule has 0 aromatic carbocycles. The van der Waals surface area contributed by atoms with Gasteiger partial charge in [0.05, 0.1) is 5.69 Å². The maximum Gasteiger partial charge on any atom is 0.0628 e. The number of hydrogen-bond acceptors (Lipinski definition) is 1. The van der Waals surface area contributed by atoms with Crippen LogP contribution in [0.5, 0.6) is 0 Å². The second kappa shape index (κ2) is 5.35. The van der Waals surface area contributed by atoms with E-state index in [0.717, 1.165) is 11.8 Å². The van der Waals surface area contributed by atoms with Gasteiger partial charge >= 0.3 is 0 Å². The number of aromatic nitrogens is 2. The molecule has 3 heteroatoms. The largest absolute Gasteiger partial charge is 0.270 e. The van der Waals surface area contributed by atoms with Gasteiger partial charge in [-0.25, -0.2) is 0 Å². The van der Waals surface area contributed by atoms with E-state index < -0.39 is 0 Å². The SMILES string of the molecule is CC(C)n1ccc(CC(CBr)C(C)(C)C)n1. The van der Waals surface area contributed by atoms with Crippen LogP contribution in [-0.2, 0) is 6.42 Å². The fourth-order valence-corrected chi connectivity index (χ4v) is 2.82. The Balaban J connectivity index is 2.71. The predicted octanol–water partition coefficient (Wildman–Crippen LogP) is 4.06. The van der Waals surface area contributed by atoms with Crippen LogP contribution >= 0.6 is 15.9 Å². The fraction of sp³-hybridized carbons (Fsp3) is 0.769. The summed E-state index contributed by atoms with van der Waals surface area (Å²) in [4.78, 5) is 0. The molecule has 1 aromatic heterocycles. The van der Waals surface area contributed by atoms with Crippen LogP contribution in [0, 0.1) is 11.3 Å². The lowest BCUT2D eigenvalue weighted by molar-refractivity contribution is 0.264. The summed E-state index contributed by atoms with van der Waals surface area (Å²) in [5.74, 6) is 0.628. The molecule has 0 saturated heterocycles. The van der Waals surface area contributed by atoms with E-state index in [1.807, 2.05) is 4.68 Å². The molecule has 1 rings (SSSR count). The Hall–Kier alpha value is -0.310. The van der Waals surface area contributed by atoms with E-state index in [0.29, 0.717) is 17.4 Å². The van der Waals surface area contributed by atoms with E-state index in [4.69, 9.17) is 0 Å². The molecule has 1 heterocycles. The van der Waals surface area contributed by atoms with Crippen molar-refractivity contribution in [2.24, 2.45) is 11.3 Å². The van der Waals surface area contributed by atoms with Crippen LogP contribution in [-0.4, -0.2) is 15.1 Å². The molecule has 1 atom stereocenters. The third-order valence-corrected chi connectivity index (χ3v) is 3.84. The minimum absolute atomic E-state index is 0.325. The number of nitrogens with zero attached hydrogens (tertiary/aromatic N) is 2. The molecule has 1 aromatic rings. The van der Waals surface area contributed by atoms with E-state index in [9.17, 15) is 0 Å². The molecule has 1 unspecified atom stereocenters. The zero-order valence-corrected chi connectivity index (χ0v) is 12.6. The lowest BCUT2D eigenvalue weighted by atomic mass is 9.79. The number of hydrogen-bond donors (Lipinski definition) is 0. The van der Waals surface area contributed by atoms with Gasteiger partial charge < -0.3 is 0 Å². The first-order chi connectivity index (χ1) is 7.34. The molecule has 16 heavy (non-hydrogen) atoms. The van der Waals surface area contributed by atoms with Crippen LogP contribution in [0.25, 0.3) is 0 Å². The quantitative estimate of drug-likeness (QED) is 0.763. The minimum Gasteiger partial charge on any atom is -0.270 e. The maximum absolute atomic E-state index is 4.61. The third-order valence-electron chi connectivity index (χ3n) is 3.06. The summed E-state index contributed by atoms with van der Waals surface area (Å²) >= 11 is 3.61. The van der Waals surface area contributed by atoms with Crippen LogP contribution in [0.4, 0.5) is 0 Å². The van der Waals surface area contributed by atoms with Crippen molar-refractivity contribution < 1.29 is 0 Å². The highest BCUT2D eigenvalue weighted by Gasteiger charge is 2.24. The van der Waals surface area contributed by atoms with Gasteiger partial charge in [0.25, 0.3) is 0 Å². The summed E-state index contributed by atoms with van der Waals surface area (Å²) in [6, 6.07) is 2.59. The van der Waals surface area contributed by atoms with Gasteiger partial charge in [0, 0.05) is 17.6 Å². The lowest BCUT2D eigenvalue weighted by Crippen LogP contribution is -2.24. The van der Waals surface area contributed by atoms with Crippen molar-refractivity contribution >= 4 is 15.9 Å². The molecule has 0 bridgehead atoms. The Morgan fingerprint density at radius 1 is 1.38 bits per heavy atom. The Kier molecular flexibility index (Phi) is 4.60. The van der Waals surface area contributed by atoms with Crippen molar-refractivity contribution in [3.8, 4) is 0 Å². The molecule has 0 aliphatic carbocycles. The summed E-state index contributed by atoms with van der Waals surface area (Å²) in [5, 5.41) is 5.64. The molecule has 0 radical (unpaired) electrons. The molecular weight excluding hydrogens is 264 g/mol. The smallest absolute Gasteiger partial charge is 0.0628 e. The van der Waals surface area contributed by atoms with Gasteiger partial charge in [0.15, 0.2) is 0 Å². The van der Waals surface area contributed by atoms with Crippen LogP contribution < -0.4 is 0 Å². The highest BCUT2D eigenvalue weighted by Crippen LogP contribution is 2.30. The minimum atomic E-state index is 0.325. The molecule has 2 nitrogen and oxygen atoms in total. The molecule has 0 fully saturated rings. The highest BCUT2D eigenvalue weighted by molar-refractivity contribution is 9.09. The molecule has 0 amide bonds. The first-order valence-corrected chi connectivity index (χ1v) is 7.06. The van der Waals surface area contributed by atoms with Gasteiger partial charge in [-0.3, -0.25) is 4.68 Å². The predicted molar refractivity (Wildman–Crippen MR) is 73.1 cm³/mol. The maximum atomic E-state index is 4.61. The van der Waals surface area contributed by atoms with Crippen molar-refractivity contribution in [2.45, 2.75) is 47.1 Å². The third kappa shape index (κ3) is 3.62. The first kappa shape index (κ1) is 13.8. The lowest BCUT2D eigenvalue weighted by Gasteiger charge is -2.28. The van der Waals surface area contributed by atoms with Gasteiger partial charge in [-0.1, -0.05) is 36.7 Å². The molecule has 0 N–H and O–H groups in total. The van der Waals surface area contributed by atoms with Gasteiger partial charge in [-0.05, 0) is 37.7 Å². The summed E-state index contributed by atoms with van der Waals surface area (Å²) < 4.78 is 2.03. The summed E-state index contributed by atoms with van der Waals surface area (Å²) in [5.41, 5.74) is 1.53. The summed E-state index contributed by atoms with van der Waals surface area (Å²) in [6.07, 6.45) is 3.13. The molecular formula is C13H23BrN2. The average Bonchev–Trinajstić information content (AvgIpc) is 2.60. The van der Waals surface area contributed by atoms with Crippen molar-refractivity contribution in [1.29, 1.82) is 0 Å². The molecule has 0 aliphatic rings. The van der Waals surface area contributed by atoms with Crippen LogP contribution in [0.1, 0.15) is 46.4 Å². The van der Waals surface area contributed by atoms with Crippen molar-refractivity contribution in [3.63, 3.8) is 0 Å². The van der Waals surface area contributed by atoms with Gasteiger partial charge in [0.1, 0.15) is 0 Å². The molecule has 92 valence electrons. The topological polar surface area (TPSA) is 17.8 Å². The summed E-state index contributed by atoms with van der Waals surface area (Å²) in [6.45, 7) is 11.2. The zero-order chi connectivity index (χ0) is 12.3. The Morgan fingerprint density at radius 2 is 2.00 bits per heavy atom. The second-order valence-electron chi connectivity index (χ2n) is 5.80.